The minimum Gasteiger partial charge on any atom is -0.376 e. The summed E-state index contributed by atoms with van der Waals surface area (Å²) in [5.74, 6) is 0.338. The van der Waals surface area contributed by atoms with Crippen molar-refractivity contribution in [3.63, 3.8) is 0 Å². The lowest BCUT2D eigenvalue weighted by atomic mass is 9.93. The molecule has 2 aliphatic rings. The Kier molecular flexibility index (Phi) is 4.70. The van der Waals surface area contributed by atoms with Crippen LogP contribution in [0.3, 0.4) is 0 Å². The van der Waals surface area contributed by atoms with Crippen LogP contribution >= 0.6 is 11.3 Å². The molecule has 0 saturated carbocycles. The van der Waals surface area contributed by atoms with Crippen molar-refractivity contribution in [2.45, 2.75) is 6.10 Å². The number of rotatable bonds is 5. The molecule has 0 unspecified atom stereocenters. The molecule has 1 N–H and O–H groups in total. The van der Waals surface area contributed by atoms with Crippen LogP contribution in [0.4, 0.5) is 0 Å². The fourth-order valence-corrected chi connectivity index (χ4v) is 3.60. The van der Waals surface area contributed by atoms with Gasteiger partial charge in [-0.2, -0.15) is 0 Å². The normalized spacial score (nSPS) is 27.0. The molecule has 0 bridgehead atoms. The van der Waals surface area contributed by atoms with E-state index in [-0.39, 0.29) is 36.4 Å². The topological polar surface area (TPSA) is 80.8 Å². The van der Waals surface area contributed by atoms with E-state index in [1.165, 1.54) is 18.4 Å². The van der Waals surface area contributed by atoms with Gasteiger partial charge in [0.1, 0.15) is 12.3 Å². The third-order valence-corrected chi connectivity index (χ3v) is 4.84. The highest BCUT2D eigenvalue weighted by molar-refractivity contribution is 7.07. The molecule has 7 nitrogen and oxygen atoms in total. The molecule has 3 rings (SSSR count). The molecule has 3 atom stereocenters. The van der Waals surface area contributed by atoms with Gasteiger partial charge < -0.3 is 19.7 Å². The third-order valence-electron chi connectivity index (χ3n) is 4.25. The summed E-state index contributed by atoms with van der Waals surface area (Å²) >= 11 is 1.40. The summed E-state index contributed by atoms with van der Waals surface area (Å²) in [5.41, 5.74) is 2.09. The van der Waals surface area contributed by atoms with E-state index < -0.39 is 0 Å². The van der Waals surface area contributed by atoms with E-state index in [9.17, 15) is 9.59 Å². The summed E-state index contributed by atoms with van der Waals surface area (Å²) in [7, 11) is 1.52. The van der Waals surface area contributed by atoms with Crippen molar-refractivity contribution in [3.8, 4) is 0 Å². The molecule has 0 aromatic carbocycles. The highest BCUT2D eigenvalue weighted by atomic mass is 32.1. The first-order chi connectivity index (χ1) is 10.7. The van der Waals surface area contributed by atoms with Crippen molar-refractivity contribution in [1.82, 2.24) is 15.2 Å². The monoisotopic (exact) mass is 325 g/mol. The van der Waals surface area contributed by atoms with Crippen LogP contribution in [0.2, 0.25) is 0 Å². The highest BCUT2D eigenvalue weighted by Crippen LogP contribution is 2.33. The first kappa shape index (κ1) is 15.4. The Morgan fingerprint density at radius 1 is 1.55 bits per heavy atom. The van der Waals surface area contributed by atoms with E-state index >= 15 is 0 Å². The molecule has 0 radical (unpaired) electrons. The van der Waals surface area contributed by atoms with Crippen LogP contribution in [0, 0.1) is 11.8 Å². The standard InChI is InChI=1S/C14H19N3O4S/c1-20-6-13(18)17-3-10-9(5-21-12(10)4-17)2-15-14(19)11-7-22-8-16-11/h7-10,12H,2-6H2,1H3,(H,15,19)/t9-,10+,12+/m0/s1. The molecular weight excluding hydrogens is 306 g/mol. The van der Waals surface area contributed by atoms with Gasteiger partial charge in [0.25, 0.3) is 5.91 Å². The van der Waals surface area contributed by atoms with E-state index in [0.717, 1.165) is 0 Å². The summed E-state index contributed by atoms with van der Waals surface area (Å²) in [6.45, 7) is 2.56. The zero-order chi connectivity index (χ0) is 15.5. The lowest BCUT2D eigenvalue weighted by Crippen LogP contribution is -2.36. The summed E-state index contributed by atoms with van der Waals surface area (Å²) in [6.07, 6.45) is 0.0713. The number of carbonyl (C=O) groups is 2. The number of ether oxygens (including phenoxy) is 2. The van der Waals surface area contributed by atoms with Crippen molar-refractivity contribution in [2.75, 3.05) is 40.0 Å². The molecular formula is C14H19N3O4S. The van der Waals surface area contributed by atoms with Gasteiger partial charge in [-0.3, -0.25) is 9.59 Å². The maximum absolute atomic E-state index is 11.9. The Morgan fingerprint density at radius 3 is 3.14 bits per heavy atom. The summed E-state index contributed by atoms with van der Waals surface area (Å²) < 4.78 is 10.7. The number of nitrogens with zero attached hydrogens (tertiary/aromatic N) is 2. The summed E-state index contributed by atoms with van der Waals surface area (Å²) in [4.78, 5) is 29.6. The van der Waals surface area contributed by atoms with E-state index in [0.29, 0.717) is 31.9 Å². The average molecular weight is 325 g/mol. The van der Waals surface area contributed by atoms with Crippen molar-refractivity contribution in [2.24, 2.45) is 11.8 Å². The maximum atomic E-state index is 11.9. The second-order valence-electron chi connectivity index (χ2n) is 5.61. The Balaban J connectivity index is 1.51. The summed E-state index contributed by atoms with van der Waals surface area (Å²) in [6, 6.07) is 0. The van der Waals surface area contributed by atoms with Gasteiger partial charge in [-0.25, -0.2) is 4.98 Å². The lowest BCUT2D eigenvalue weighted by Gasteiger charge is -2.19. The first-order valence-electron chi connectivity index (χ1n) is 7.23. The number of thiazole rings is 1. The predicted molar refractivity (Wildman–Crippen MR) is 79.6 cm³/mol. The van der Waals surface area contributed by atoms with Gasteiger partial charge in [0.2, 0.25) is 5.91 Å². The fraction of sp³-hybridized carbons (Fsp3) is 0.643. The Labute approximate surface area is 132 Å². The number of nitrogens with one attached hydrogen (secondary N) is 1. The van der Waals surface area contributed by atoms with Crippen molar-refractivity contribution in [1.29, 1.82) is 0 Å². The van der Waals surface area contributed by atoms with Crippen LogP contribution in [0.15, 0.2) is 10.9 Å². The molecule has 2 saturated heterocycles. The molecule has 120 valence electrons. The molecule has 2 amide bonds. The number of hydrogen-bond donors (Lipinski definition) is 1. The van der Waals surface area contributed by atoms with Crippen LogP contribution in [0.25, 0.3) is 0 Å². The number of hydrogen-bond acceptors (Lipinski definition) is 6. The predicted octanol–water partition coefficient (Wildman–Crippen LogP) is -0.00730. The van der Waals surface area contributed by atoms with Gasteiger partial charge >= 0.3 is 0 Å². The van der Waals surface area contributed by atoms with Crippen LogP contribution < -0.4 is 5.32 Å². The molecule has 2 fully saturated rings. The Morgan fingerprint density at radius 2 is 2.41 bits per heavy atom. The number of methoxy groups -OCH3 is 1. The molecule has 22 heavy (non-hydrogen) atoms. The zero-order valence-corrected chi connectivity index (χ0v) is 13.2. The van der Waals surface area contributed by atoms with Crippen LogP contribution in [-0.2, 0) is 14.3 Å². The van der Waals surface area contributed by atoms with Gasteiger partial charge in [0, 0.05) is 44.0 Å². The van der Waals surface area contributed by atoms with Crippen molar-refractivity contribution < 1.29 is 19.1 Å². The summed E-state index contributed by atoms with van der Waals surface area (Å²) in [5, 5.41) is 4.63. The average Bonchev–Trinajstić information content (AvgIpc) is 3.22. The largest absolute Gasteiger partial charge is 0.376 e. The highest BCUT2D eigenvalue weighted by Gasteiger charge is 2.45. The second kappa shape index (κ2) is 6.72. The minimum atomic E-state index is -0.157. The van der Waals surface area contributed by atoms with Gasteiger partial charge in [-0.15, -0.1) is 11.3 Å². The molecule has 1 aromatic rings. The van der Waals surface area contributed by atoms with Crippen molar-refractivity contribution in [3.05, 3.63) is 16.6 Å². The second-order valence-corrected chi connectivity index (χ2v) is 6.33. The van der Waals surface area contributed by atoms with E-state index in [4.69, 9.17) is 9.47 Å². The quantitative estimate of drug-likeness (QED) is 0.824. The number of carbonyl (C=O) groups excluding carboxylic acids is 2. The molecule has 1 aromatic heterocycles. The van der Waals surface area contributed by atoms with Gasteiger partial charge in [0.15, 0.2) is 0 Å². The Bertz CT molecular complexity index is 536. The lowest BCUT2D eigenvalue weighted by molar-refractivity contribution is -0.134. The Hall–Kier alpha value is -1.51. The molecule has 8 heteroatoms. The smallest absolute Gasteiger partial charge is 0.270 e. The van der Waals surface area contributed by atoms with Gasteiger partial charge in [-0.1, -0.05) is 0 Å². The number of fused-ring (bicyclic) bond motifs is 1. The maximum Gasteiger partial charge on any atom is 0.270 e. The molecule has 2 aliphatic heterocycles. The number of likely N-dealkylation sites (tertiary alicyclic amines) is 1. The van der Waals surface area contributed by atoms with Crippen LogP contribution in [0.1, 0.15) is 10.5 Å². The SMILES string of the molecule is COCC(=O)N1C[C@@H]2[C@@H](CNC(=O)c3cscn3)CO[C@@H]2C1. The van der Waals surface area contributed by atoms with E-state index in [1.807, 2.05) is 0 Å². The molecule has 0 aliphatic carbocycles. The van der Waals surface area contributed by atoms with Crippen molar-refractivity contribution >= 4 is 23.2 Å². The van der Waals surface area contributed by atoms with Crippen LogP contribution in [0.5, 0.6) is 0 Å². The fourth-order valence-electron chi connectivity index (χ4n) is 3.07. The first-order valence-corrected chi connectivity index (χ1v) is 8.18. The van der Waals surface area contributed by atoms with Crippen LogP contribution in [-0.4, -0.2) is 67.8 Å². The number of aromatic nitrogens is 1. The molecule has 3 heterocycles. The minimum absolute atomic E-state index is 0.00856. The van der Waals surface area contributed by atoms with E-state index in [1.54, 1.807) is 15.8 Å². The van der Waals surface area contributed by atoms with E-state index in [2.05, 4.69) is 10.3 Å². The molecule has 0 spiro atoms. The zero-order valence-electron chi connectivity index (χ0n) is 12.4. The number of amides is 2. The van der Waals surface area contributed by atoms with Gasteiger partial charge in [0.05, 0.1) is 18.2 Å². The third kappa shape index (κ3) is 3.13. The van der Waals surface area contributed by atoms with Gasteiger partial charge in [-0.05, 0) is 0 Å².